The summed E-state index contributed by atoms with van der Waals surface area (Å²) in [7, 11) is 5.90. The molecule has 0 saturated carbocycles. The molecule has 0 radical (unpaired) electrons. The van der Waals surface area contributed by atoms with E-state index in [1.165, 1.54) is 24.0 Å². The zero-order valence-electron chi connectivity index (χ0n) is 54.7. The number of halogens is 6. The summed E-state index contributed by atoms with van der Waals surface area (Å²) in [5.74, 6) is 6.33. The Bertz CT molecular complexity index is 4110. The zero-order chi connectivity index (χ0) is 73.0. The minimum Gasteiger partial charge on any atom is -0.477 e. The van der Waals surface area contributed by atoms with Gasteiger partial charge in [0, 0.05) is 80.2 Å². The summed E-state index contributed by atoms with van der Waals surface area (Å²) < 4.78 is 53.5. The van der Waals surface area contributed by atoms with Crippen LogP contribution in [0.4, 0.5) is 0 Å². The maximum atomic E-state index is 12.8. The number of terminal acetylenes is 1. The summed E-state index contributed by atoms with van der Waals surface area (Å²) in [6.45, 7) is 12.9. The van der Waals surface area contributed by atoms with Crippen LogP contribution in [0.1, 0.15) is 75.4 Å². The first-order chi connectivity index (χ1) is 45.2. The fourth-order valence-corrected chi connectivity index (χ4v) is 9.10. The number of benzene rings is 4. The van der Waals surface area contributed by atoms with Crippen molar-refractivity contribution in [1.82, 2.24) is 38.9 Å². The number of nitrogens with one attached hydrogen (secondary N) is 2. The van der Waals surface area contributed by atoms with E-state index in [9.17, 15) is 36.0 Å². The van der Waals surface area contributed by atoms with Crippen molar-refractivity contribution >= 4 is 166 Å². The maximum absolute atomic E-state index is 12.8. The Morgan fingerprint density at radius 1 is 0.724 bits per heavy atom. The first kappa shape index (κ1) is 97.9. The standard InChI is InChI=1S/C19H17BrN4O2.C10H9N3O3.C9H12BrNO.C8H9BrO3S.C7H7BrO.C4H6.C3H4.C2H7NO.CH3ClO2S.BrH.H6P4.H3P/c1-13-10-23(12-21-13)16-5-6-17-18(25)22(7-8-24(17)19(16)26)11-14-3-2-4-15(20)9-14;1-6-4-13(5-11-6)8-3-2-7(10(15)16)12-9(8)14;10-9-3-1-2-8(6-9)7-11-4-5-12;1-13(10,11)12-6-7-3-2-4-8(9)5-7;8-7-3-1-2-6(4-7)5-9;1-3-4-2;1-3-2;3-1-2-4;1-5(2,3)4;;1-4(2)3;/h2-6,9-10,12H,7-8,11H2,1H3;2-5H,1H3,(H,12,14)(H,15,16);1-3,6,11-12H,4-5,7H2;2-5H,6H2,1H3;1-4,9H,5H2;1-2H3;1H,2H3;4H,1-3H2;1H3;1H;1-3H2;1H3. The van der Waals surface area contributed by atoms with Gasteiger partial charge in [-0.2, -0.15) is 18.3 Å². The third kappa shape index (κ3) is 46.3. The normalized spacial score (nSPS) is 10.5. The van der Waals surface area contributed by atoms with Gasteiger partial charge in [0.05, 0.1) is 63.0 Å². The van der Waals surface area contributed by atoms with Crippen LogP contribution in [-0.2, 0) is 56.2 Å². The average Bonchev–Trinajstić information content (AvgIpc) is 1.04. The Kier molecular flexibility index (Phi) is 55.3. The van der Waals surface area contributed by atoms with E-state index in [2.05, 4.69) is 162 Å². The fourth-order valence-electron chi connectivity index (χ4n) is 6.96. The van der Waals surface area contributed by atoms with Crippen LogP contribution in [0.2, 0.25) is 0 Å². The van der Waals surface area contributed by atoms with Crippen LogP contribution >= 0.6 is 135 Å². The van der Waals surface area contributed by atoms with E-state index in [0.29, 0.717) is 49.8 Å². The third-order valence-corrected chi connectivity index (χ3v) is 13.4. The van der Waals surface area contributed by atoms with E-state index in [1.807, 2.05) is 99.6 Å². The van der Waals surface area contributed by atoms with Gasteiger partial charge in [-0.1, -0.05) is 112 Å². The molecule has 0 fully saturated rings. The number of pyridine rings is 2. The number of fused-ring (bicyclic) bond motifs is 1. The molecule has 0 spiro atoms. The van der Waals surface area contributed by atoms with Crippen LogP contribution in [0.25, 0.3) is 11.4 Å². The first-order valence-corrected chi connectivity index (χ1v) is 41.8. The zero-order valence-corrected chi connectivity index (χ0v) is 70.9. The van der Waals surface area contributed by atoms with Crippen LogP contribution in [0.3, 0.4) is 0 Å². The van der Waals surface area contributed by atoms with Gasteiger partial charge in [0.1, 0.15) is 22.8 Å². The van der Waals surface area contributed by atoms with Gasteiger partial charge in [-0.15, -0.1) is 68.0 Å². The molecule has 35 heteroatoms. The van der Waals surface area contributed by atoms with Crippen molar-refractivity contribution in [3.8, 4) is 35.6 Å². The second kappa shape index (κ2) is 55.4. The summed E-state index contributed by atoms with van der Waals surface area (Å²) in [4.78, 5) is 60.1. The number of hydrogen-bond acceptors (Lipinski definition) is 16. The lowest BCUT2D eigenvalue weighted by molar-refractivity contribution is 0.0679. The molecule has 5 heterocycles. The van der Waals surface area contributed by atoms with Gasteiger partial charge >= 0.3 is 5.97 Å². The molecule has 8 N–H and O–H groups in total. The molecule has 22 nitrogen and oxygen atoms in total. The highest BCUT2D eigenvalue weighted by Crippen LogP contribution is 2.59. The Hall–Kier alpha value is -4.24. The highest BCUT2D eigenvalue weighted by molar-refractivity contribution is 9.11. The van der Waals surface area contributed by atoms with Gasteiger partial charge in [0.15, 0.2) is 0 Å². The summed E-state index contributed by atoms with van der Waals surface area (Å²) >= 11 is 13.4. The van der Waals surface area contributed by atoms with Gasteiger partial charge in [-0.25, -0.2) is 23.2 Å². The van der Waals surface area contributed by atoms with Crippen molar-refractivity contribution in [2.75, 3.05) is 45.4 Å². The lowest BCUT2D eigenvalue weighted by Crippen LogP contribution is -2.44. The van der Waals surface area contributed by atoms with Crippen molar-refractivity contribution in [3.63, 3.8) is 0 Å². The number of rotatable bonds is 14. The quantitative estimate of drug-likeness (QED) is 0.0175. The molecule has 1 amide bonds. The molecular weight excluding hydrogens is 1740 g/mol. The average molecular weight is 1830 g/mol. The van der Waals surface area contributed by atoms with E-state index >= 15 is 0 Å². The molecule has 4 unspecified atom stereocenters. The number of aliphatic hydroxyl groups is 3. The molecule has 4 aromatic heterocycles. The third-order valence-electron chi connectivity index (χ3n) is 10.9. The molecule has 8 aromatic rings. The number of hydrogen-bond donors (Lipinski definition) is 7. The summed E-state index contributed by atoms with van der Waals surface area (Å²) in [6.07, 6.45) is 13.2. The maximum Gasteiger partial charge on any atom is 0.352 e. The van der Waals surface area contributed by atoms with Crippen molar-refractivity contribution in [1.29, 1.82) is 0 Å². The molecule has 98 heavy (non-hydrogen) atoms. The Morgan fingerprint density at radius 3 is 1.53 bits per heavy atom. The number of carboxylic acid groups (broad SMARTS) is 1. The number of carboxylic acids is 1. The number of amides is 1. The molecule has 0 aliphatic carbocycles. The number of aryl methyl sites for hydroxylation is 2. The number of carbonyl (C=O) groups excluding carboxylic acids is 1. The van der Waals surface area contributed by atoms with Crippen molar-refractivity contribution < 1.29 is 51.0 Å². The van der Waals surface area contributed by atoms with E-state index in [0.717, 1.165) is 65.0 Å². The molecule has 9 rings (SSSR count). The van der Waals surface area contributed by atoms with Crippen LogP contribution in [-0.4, -0.2) is 128 Å². The van der Waals surface area contributed by atoms with E-state index in [-0.39, 0.29) is 77.5 Å². The van der Waals surface area contributed by atoms with Crippen molar-refractivity contribution in [2.24, 2.45) is 5.73 Å². The number of aromatic nitrogens is 6. The lowest BCUT2D eigenvalue weighted by atomic mass is 10.1. The Balaban J connectivity index is -0.00000111. The SMILES string of the molecule is Br.C#CC.CC#CC.CS(=O)(=O)Cl.CS(=O)(=O)OCc1cccc(Br)c1.Cc1cn(-c2ccc(C(=O)O)[nH]c2=O)cn1.Cc1cn(-c2ccc3n(c2=O)CCN(Cc2cccc(Br)c2)C3=O)cn1.NCCO.OCCNCc1cccc(Br)c1.OCc1cccc(Br)c1.P.PP(P)P. The fraction of sp³-hybridized carbons (Fsp3) is 0.270. The minimum atomic E-state index is -3.35. The lowest BCUT2D eigenvalue weighted by Gasteiger charge is -2.30. The van der Waals surface area contributed by atoms with E-state index in [1.54, 1.807) is 69.4 Å². The molecule has 0 bridgehead atoms. The van der Waals surface area contributed by atoms with Crippen molar-refractivity contribution in [3.05, 3.63) is 230 Å². The number of aromatic amines is 1. The van der Waals surface area contributed by atoms with Crippen molar-refractivity contribution in [2.45, 2.75) is 67.5 Å². The molecule has 1 aliphatic rings. The second-order valence-corrected chi connectivity index (χ2v) is 39.0. The second-order valence-electron chi connectivity index (χ2n) is 19.0. The number of H-pyrrole nitrogens is 1. The van der Waals surface area contributed by atoms with Crippen LogP contribution in [0.15, 0.2) is 174 Å². The molecule has 1 aliphatic heterocycles. The van der Waals surface area contributed by atoms with Gasteiger partial charge < -0.3 is 55.1 Å². The van der Waals surface area contributed by atoms with Gasteiger partial charge in [-0.3, -0.25) is 18.6 Å². The number of nitrogens with two attached hydrogens (primary N) is 1. The summed E-state index contributed by atoms with van der Waals surface area (Å²) in [5.41, 5.74) is 10.9. The molecule has 538 valence electrons. The predicted octanol–water partition coefficient (Wildman–Crippen LogP) is 12.0. The molecule has 0 saturated heterocycles. The minimum absolute atomic E-state index is 0. The van der Waals surface area contributed by atoms with Gasteiger partial charge in [-0.05, 0) is 137 Å². The molecular formula is C63H84Br5ClN9O13P5S2. The van der Waals surface area contributed by atoms with Crippen LogP contribution < -0.4 is 22.2 Å². The number of imidazole rings is 2. The smallest absolute Gasteiger partial charge is 0.352 e. The highest BCUT2D eigenvalue weighted by atomic mass is 79.9. The number of nitrogens with zero attached hydrogens (tertiary/aromatic N) is 6. The van der Waals surface area contributed by atoms with Crippen LogP contribution in [0.5, 0.6) is 0 Å². The number of carbonyl (C=O) groups is 2. The van der Waals surface area contributed by atoms with Gasteiger partial charge in [0.25, 0.3) is 27.1 Å². The molecule has 4 aromatic carbocycles. The Morgan fingerprint density at radius 2 is 1.14 bits per heavy atom. The Labute approximate surface area is 634 Å². The predicted molar refractivity (Wildman–Crippen MR) is 432 cm³/mol. The number of aromatic carboxylic acids is 1. The largest absolute Gasteiger partial charge is 0.477 e. The summed E-state index contributed by atoms with van der Waals surface area (Å²) in [5, 5.41) is 36.7. The summed E-state index contributed by atoms with van der Waals surface area (Å²) in [6, 6.07) is 37.1. The van der Waals surface area contributed by atoms with E-state index in [4.69, 9.17) is 26.2 Å². The monoisotopic (exact) mass is 1820 g/mol. The van der Waals surface area contributed by atoms with Gasteiger partial charge in [0.2, 0.25) is 9.05 Å². The highest BCUT2D eigenvalue weighted by Gasteiger charge is 2.26. The van der Waals surface area contributed by atoms with Crippen LogP contribution in [0, 0.1) is 38.0 Å². The molecule has 4 atom stereocenters. The number of aliphatic hydroxyl groups excluding tert-OH is 3. The van der Waals surface area contributed by atoms with E-state index < -0.39 is 30.7 Å². The first-order valence-electron chi connectivity index (χ1n) is 27.9. The topological polar surface area (TPSA) is 324 Å².